The quantitative estimate of drug-likeness (QED) is 0.639. The number of rotatable bonds is 1. The minimum atomic E-state index is 0.752. The third kappa shape index (κ3) is 0.879. The lowest BCUT2D eigenvalue weighted by atomic mass is 10.2. The van der Waals surface area contributed by atoms with Crippen molar-refractivity contribution in [3.8, 4) is 0 Å². The molecule has 0 saturated heterocycles. The maximum atomic E-state index is 5.18. The van der Waals surface area contributed by atoms with Crippen LogP contribution in [0.1, 0.15) is 18.3 Å². The molecule has 0 N–H and O–H groups in total. The molecule has 0 spiro atoms. The first-order chi connectivity index (χ1) is 5.83. The predicted octanol–water partition coefficient (Wildman–Crippen LogP) is 1.49. The van der Waals surface area contributed by atoms with Crippen LogP contribution >= 0.6 is 0 Å². The van der Waals surface area contributed by atoms with Crippen LogP contribution in [-0.4, -0.2) is 15.2 Å². The molecule has 0 aromatic carbocycles. The Morgan fingerprint density at radius 2 is 2.25 bits per heavy atom. The van der Waals surface area contributed by atoms with E-state index < -0.39 is 0 Å². The first kappa shape index (κ1) is 7.21. The van der Waals surface area contributed by atoms with Crippen molar-refractivity contribution >= 4 is 11.1 Å². The fourth-order valence-corrected chi connectivity index (χ4v) is 1.17. The molecule has 2 heterocycles. The van der Waals surface area contributed by atoms with E-state index in [2.05, 4.69) is 15.2 Å². The van der Waals surface area contributed by atoms with Crippen molar-refractivity contribution in [3.63, 3.8) is 0 Å². The molecule has 0 aliphatic heterocycles. The molecule has 0 unspecified atom stereocenters. The summed E-state index contributed by atoms with van der Waals surface area (Å²) in [5.41, 5.74) is 3.27. The maximum Gasteiger partial charge on any atom is 0.182 e. The smallest absolute Gasteiger partial charge is 0.182 e. The summed E-state index contributed by atoms with van der Waals surface area (Å²) < 4.78 is 5.18. The van der Waals surface area contributed by atoms with E-state index >= 15 is 0 Å². The first-order valence-corrected chi connectivity index (χ1v) is 3.88. The van der Waals surface area contributed by atoms with E-state index in [1.54, 1.807) is 0 Å². The van der Waals surface area contributed by atoms with Crippen molar-refractivity contribution in [2.75, 3.05) is 0 Å². The minimum absolute atomic E-state index is 0.752. The fraction of sp³-hybridized carbons (Fsp3) is 0.375. The normalized spacial score (nSPS) is 10.8. The summed E-state index contributed by atoms with van der Waals surface area (Å²) in [7, 11) is 0. The summed E-state index contributed by atoms with van der Waals surface area (Å²) in [4.78, 5) is 4.08. The highest BCUT2D eigenvalue weighted by molar-refractivity contribution is 5.76. The zero-order valence-corrected chi connectivity index (χ0v) is 7.03. The van der Waals surface area contributed by atoms with Gasteiger partial charge in [0.2, 0.25) is 0 Å². The van der Waals surface area contributed by atoms with Gasteiger partial charge in [0.15, 0.2) is 12.0 Å². The summed E-state index contributed by atoms with van der Waals surface area (Å²) in [6.07, 6.45) is 2.26. The molecule has 62 valence electrons. The second-order valence-corrected chi connectivity index (χ2v) is 2.62. The summed E-state index contributed by atoms with van der Waals surface area (Å²) >= 11 is 0. The Labute approximate surface area is 69.6 Å². The van der Waals surface area contributed by atoms with E-state index in [0.717, 1.165) is 28.9 Å². The lowest BCUT2D eigenvalue weighted by molar-refractivity contribution is 0.596. The van der Waals surface area contributed by atoms with Gasteiger partial charge in [0, 0.05) is 0 Å². The zero-order valence-electron chi connectivity index (χ0n) is 7.03. The summed E-state index contributed by atoms with van der Waals surface area (Å²) in [5.74, 6) is 0. The van der Waals surface area contributed by atoms with Crippen molar-refractivity contribution in [3.05, 3.63) is 17.8 Å². The van der Waals surface area contributed by atoms with Gasteiger partial charge in [0.25, 0.3) is 0 Å². The van der Waals surface area contributed by atoms with Crippen LogP contribution in [-0.2, 0) is 6.42 Å². The number of nitrogens with zero attached hydrogens (tertiary/aromatic N) is 3. The Balaban J connectivity index is 2.82. The monoisotopic (exact) mass is 163 g/mol. The Bertz CT molecular complexity index is 408. The van der Waals surface area contributed by atoms with Crippen molar-refractivity contribution in [2.45, 2.75) is 20.3 Å². The van der Waals surface area contributed by atoms with Gasteiger partial charge < -0.3 is 4.42 Å². The molecule has 2 aromatic rings. The lowest BCUT2D eigenvalue weighted by Gasteiger charge is -1.95. The second kappa shape index (κ2) is 2.55. The molecular formula is C8H9N3O. The van der Waals surface area contributed by atoms with Gasteiger partial charge in [0.05, 0.1) is 5.69 Å². The highest BCUT2D eigenvalue weighted by atomic mass is 16.3. The van der Waals surface area contributed by atoms with Gasteiger partial charge in [-0.3, -0.25) is 0 Å². The van der Waals surface area contributed by atoms with Crippen LogP contribution in [0.25, 0.3) is 11.1 Å². The molecule has 0 atom stereocenters. The largest absolute Gasteiger partial charge is 0.441 e. The minimum Gasteiger partial charge on any atom is -0.441 e. The molecule has 0 fully saturated rings. The van der Waals surface area contributed by atoms with Crippen LogP contribution < -0.4 is 0 Å². The van der Waals surface area contributed by atoms with Crippen LogP contribution in [0, 0.1) is 6.92 Å². The van der Waals surface area contributed by atoms with E-state index in [4.69, 9.17) is 4.42 Å². The number of oxazole rings is 1. The molecule has 0 aliphatic carbocycles. The maximum absolute atomic E-state index is 5.18. The van der Waals surface area contributed by atoms with E-state index in [-0.39, 0.29) is 0 Å². The van der Waals surface area contributed by atoms with Gasteiger partial charge in [-0.2, -0.15) is 10.2 Å². The Morgan fingerprint density at radius 3 is 3.00 bits per heavy atom. The molecule has 4 heteroatoms. The van der Waals surface area contributed by atoms with E-state index in [1.807, 2.05) is 13.8 Å². The Morgan fingerprint density at radius 1 is 1.42 bits per heavy atom. The molecule has 4 nitrogen and oxygen atoms in total. The summed E-state index contributed by atoms with van der Waals surface area (Å²) in [6, 6.07) is 0. The highest BCUT2D eigenvalue weighted by Gasteiger charge is 2.08. The molecule has 12 heavy (non-hydrogen) atoms. The van der Waals surface area contributed by atoms with E-state index in [9.17, 15) is 0 Å². The summed E-state index contributed by atoms with van der Waals surface area (Å²) in [6.45, 7) is 3.88. The van der Waals surface area contributed by atoms with Gasteiger partial charge in [-0.05, 0) is 13.3 Å². The summed E-state index contributed by atoms with van der Waals surface area (Å²) in [5, 5.41) is 7.99. The van der Waals surface area contributed by atoms with E-state index in [1.165, 1.54) is 6.39 Å². The molecule has 0 aliphatic rings. The number of fused-ring (bicyclic) bond motifs is 1. The van der Waals surface area contributed by atoms with E-state index in [0.29, 0.717) is 0 Å². The van der Waals surface area contributed by atoms with Crippen LogP contribution in [0.3, 0.4) is 0 Å². The number of aromatic nitrogens is 3. The Hall–Kier alpha value is -1.45. The lowest BCUT2D eigenvalue weighted by Crippen LogP contribution is -1.94. The van der Waals surface area contributed by atoms with Crippen molar-refractivity contribution in [2.24, 2.45) is 0 Å². The molecule has 0 saturated carbocycles. The van der Waals surface area contributed by atoms with Crippen LogP contribution in [0.5, 0.6) is 0 Å². The van der Waals surface area contributed by atoms with Gasteiger partial charge in [-0.15, -0.1) is 0 Å². The molecular weight excluding hydrogens is 154 g/mol. The second-order valence-electron chi connectivity index (χ2n) is 2.62. The molecule has 0 bridgehead atoms. The molecule has 2 aromatic heterocycles. The van der Waals surface area contributed by atoms with Gasteiger partial charge in [-0.25, -0.2) is 4.98 Å². The zero-order chi connectivity index (χ0) is 8.55. The van der Waals surface area contributed by atoms with Gasteiger partial charge in [-0.1, -0.05) is 6.92 Å². The van der Waals surface area contributed by atoms with Gasteiger partial charge in [0.1, 0.15) is 11.2 Å². The van der Waals surface area contributed by atoms with Gasteiger partial charge >= 0.3 is 0 Å². The number of aryl methyl sites for hydroxylation is 2. The Kier molecular flexibility index (Phi) is 1.53. The number of hydrogen-bond acceptors (Lipinski definition) is 4. The third-order valence-electron chi connectivity index (χ3n) is 1.82. The van der Waals surface area contributed by atoms with Crippen molar-refractivity contribution in [1.29, 1.82) is 0 Å². The van der Waals surface area contributed by atoms with Crippen molar-refractivity contribution < 1.29 is 4.42 Å². The average molecular weight is 163 g/mol. The molecule has 0 radical (unpaired) electrons. The van der Waals surface area contributed by atoms with Crippen molar-refractivity contribution in [1.82, 2.24) is 15.2 Å². The SMILES string of the molecule is CCc1nnc(C)c2ocnc12. The first-order valence-electron chi connectivity index (χ1n) is 3.88. The molecule has 0 amide bonds. The van der Waals surface area contributed by atoms with Crippen LogP contribution in [0.2, 0.25) is 0 Å². The standard InChI is InChI=1S/C8H9N3O/c1-3-6-7-8(12-4-9-7)5(2)10-11-6/h4H,3H2,1-2H3. The number of hydrogen-bond donors (Lipinski definition) is 0. The van der Waals surface area contributed by atoms with Crippen LogP contribution in [0.15, 0.2) is 10.8 Å². The molecule has 2 rings (SSSR count). The average Bonchev–Trinajstić information content (AvgIpc) is 2.54. The van der Waals surface area contributed by atoms with Crippen LogP contribution in [0.4, 0.5) is 0 Å². The fourth-order valence-electron chi connectivity index (χ4n) is 1.17. The third-order valence-corrected chi connectivity index (χ3v) is 1.82. The topological polar surface area (TPSA) is 51.8 Å². The predicted molar refractivity (Wildman–Crippen MR) is 43.7 cm³/mol. The highest BCUT2D eigenvalue weighted by Crippen LogP contribution is 2.16.